The lowest BCUT2D eigenvalue weighted by Gasteiger charge is -2.24. The third-order valence-corrected chi connectivity index (χ3v) is 6.58. The van der Waals surface area contributed by atoms with Gasteiger partial charge in [0.05, 0.1) is 23.8 Å². The maximum Gasteiger partial charge on any atom is 0.245 e. The van der Waals surface area contributed by atoms with Crippen LogP contribution in [-0.4, -0.2) is 55.3 Å². The van der Waals surface area contributed by atoms with E-state index < -0.39 is 16.1 Å². The molecule has 1 aromatic carbocycles. The zero-order valence-corrected chi connectivity index (χ0v) is 14.3. The first kappa shape index (κ1) is 17.5. The number of sulfonamides is 1. The molecule has 22 heavy (non-hydrogen) atoms. The molecule has 1 heterocycles. The van der Waals surface area contributed by atoms with Crippen molar-refractivity contribution in [1.29, 1.82) is 0 Å². The van der Waals surface area contributed by atoms with Gasteiger partial charge < -0.3 is 14.9 Å². The number of aliphatic hydroxyl groups is 1. The molecular formula is C14H20ClNO5S. The van der Waals surface area contributed by atoms with E-state index in [1.54, 1.807) is 6.92 Å². The van der Waals surface area contributed by atoms with E-state index in [1.807, 2.05) is 0 Å². The number of halogens is 1. The summed E-state index contributed by atoms with van der Waals surface area (Å²) in [6, 6.07) is 0.864. The molecule has 1 saturated heterocycles. The number of rotatable bonds is 4. The van der Waals surface area contributed by atoms with Gasteiger partial charge in [-0.15, -0.1) is 0 Å². The first-order valence-electron chi connectivity index (χ1n) is 6.88. The molecule has 8 heteroatoms. The average molecular weight is 350 g/mol. The Bertz CT molecular complexity index is 676. The highest BCUT2D eigenvalue weighted by Crippen LogP contribution is 2.38. The van der Waals surface area contributed by atoms with Crippen LogP contribution >= 0.6 is 11.6 Å². The van der Waals surface area contributed by atoms with Crippen LogP contribution in [0.25, 0.3) is 0 Å². The summed E-state index contributed by atoms with van der Waals surface area (Å²) in [5.41, 5.74) is 0.721. The largest absolute Gasteiger partial charge is 0.507 e. The predicted molar refractivity (Wildman–Crippen MR) is 82.8 cm³/mol. The van der Waals surface area contributed by atoms with Gasteiger partial charge >= 0.3 is 0 Å². The van der Waals surface area contributed by atoms with Crippen molar-refractivity contribution in [3.63, 3.8) is 0 Å². The predicted octanol–water partition coefficient (Wildman–Crippen LogP) is 1.43. The molecule has 1 aliphatic heterocycles. The van der Waals surface area contributed by atoms with Gasteiger partial charge in [-0.1, -0.05) is 11.6 Å². The molecule has 2 N–H and O–H groups in total. The van der Waals surface area contributed by atoms with Crippen LogP contribution in [0.1, 0.15) is 17.5 Å². The van der Waals surface area contributed by atoms with Crippen LogP contribution in [0.2, 0.25) is 5.02 Å². The summed E-state index contributed by atoms with van der Waals surface area (Å²) >= 11 is 6.12. The Morgan fingerprint density at radius 3 is 2.64 bits per heavy atom. The number of phenolic OH excluding ortho intramolecular Hbond substituents is 1. The number of nitrogens with zero attached hydrogens (tertiary/aromatic N) is 1. The van der Waals surface area contributed by atoms with Crippen LogP contribution in [0.4, 0.5) is 0 Å². The maximum absolute atomic E-state index is 12.9. The second-order valence-corrected chi connectivity index (χ2v) is 7.72. The Hall–Kier alpha value is -0.860. The Balaban J connectivity index is 2.54. The van der Waals surface area contributed by atoms with Gasteiger partial charge in [-0.2, -0.15) is 4.31 Å². The molecule has 0 radical (unpaired) electrons. The van der Waals surface area contributed by atoms with Crippen molar-refractivity contribution in [3.05, 3.63) is 22.2 Å². The fourth-order valence-electron chi connectivity index (χ4n) is 2.82. The van der Waals surface area contributed by atoms with Crippen LogP contribution in [0, 0.1) is 13.8 Å². The topological polar surface area (TPSA) is 87.1 Å². The molecule has 6 nitrogen and oxygen atoms in total. The SMILES string of the molecule is CO[C@H]1C[C@@H](CO)N(S(=O)(=O)c2c(Cl)cc(C)c(O)c2C)C1. The zero-order valence-electron chi connectivity index (χ0n) is 12.7. The number of methoxy groups -OCH3 is 1. The Morgan fingerprint density at radius 2 is 2.09 bits per heavy atom. The lowest BCUT2D eigenvalue weighted by atomic mass is 10.1. The van der Waals surface area contributed by atoms with Gasteiger partial charge in [0.15, 0.2) is 0 Å². The molecule has 0 amide bonds. The van der Waals surface area contributed by atoms with Gasteiger partial charge in [0.25, 0.3) is 0 Å². The average Bonchev–Trinajstić information content (AvgIpc) is 2.88. The molecule has 0 spiro atoms. The van der Waals surface area contributed by atoms with Crippen LogP contribution < -0.4 is 0 Å². The standard InChI is InChI=1S/C14H20ClNO5S/c1-8-4-12(15)14(9(2)13(8)18)22(19,20)16-6-11(21-3)5-10(16)7-17/h4,10-11,17-18H,5-7H2,1-3H3/t10-,11-/m0/s1. The number of phenols is 1. The minimum Gasteiger partial charge on any atom is -0.507 e. The Labute approximate surface area is 135 Å². The molecule has 1 fully saturated rings. The van der Waals surface area contributed by atoms with E-state index in [0.717, 1.165) is 0 Å². The number of aryl methyl sites for hydroxylation is 1. The number of hydrogen-bond acceptors (Lipinski definition) is 5. The number of aromatic hydroxyl groups is 1. The molecule has 2 rings (SSSR count). The fraction of sp³-hybridized carbons (Fsp3) is 0.571. The summed E-state index contributed by atoms with van der Waals surface area (Å²) in [5.74, 6) is -0.0917. The first-order valence-corrected chi connectivity index (χ1v) is 8.70. The van der Waals surface area contributed by atoms with E-state index in [0.29, 0.717) is 12.0 Å². The summed E-state index contributed by atoms with van der Waals surface area (Å²) < 4.78 is 32.3. The minimum absolute atomic E-state index is 0.0605. The summed E-state index contributed by atoms with van der Waals surface area (Å²) in [6.07, 6.45) is 0.144. The normalized spacial score (nSPS) is 23.1. The number of hydrogen-bond donors (Lipinski definition) is 2. The monoisotopic (exact) mass is 349 g/mol. The molecular weight excluding hydrogens is 330 g/mol. The molecule has 0 bridgehead atoms. The van der Waals surface area contributed by atoms with E-state index in [2.05, 4.69) is 0 Å². The molecule has 1 aromatic rings. The van der Waals surface area contributed by atoms with Crippen molar-refractivity contribution in [2.24, 2.45) is 0 Å². The molecule has 0 saturated carbocycles. The summed E-state index contributed by atoms with van der Waals surface area (Å²) in [5, 5.41) is 19.5. The third kappa shape index (κ3) is 2.83. The van der Waals surface area contributed by atoms with Crippen LogP contribution in [0.15, 0.2) is 11.0 Å². The molecule has 0 aromatic heterocycles. The lowest BCUT2D eigenvalue weighted by Crippen LogP contribution is -2.38. The van der Waals surface area contributed by atoms with Gasteiger partial charge in [-0.3, -0.25) is 0 Å². The second-order valence-electron chi connectivity index (χ2n) is 5.48. The number of aliphatic hydroxyl groups excluding tert-OH is 1. The van der Waals surface area contributed by atoms with Gasteiger partial charge in [-0.25, -0.2) is 8.42 Å². The van der Waals surface area contributed by atoms with Gasteiger partial charge in [-0.05, 0) is 31.9 Å². The highest BCUT2D eigenvalue weighted by atomic mass is 35.5. The van der Waals surface area contributed by atoms with Crippen molar-refractivity contribution in [2.75, 3.05) is 20.3 Å². The van der Waals surface area contributed by atoms with Crippen LogP contribution in [0.3, 0.4) is 0 Å². The summed E-state index contributed by atoms with van der Waals surface area (Å²) in [6.45, 7) is 3.01. The highest BCUT2D eigenvalue weighted by Gasteiger charge is 2.41. The van der Waals surface area contributed by atoms with Crippen molar-refractivity contribution in [1.82, 2.24) is 4.31 Å². The van der Waals surface area contributed by atoms with Crippen molar-refractivity contribution in [3.8, 4) is 5.75 Å². The Kier molecular flexibility index (Phi) is 5.03. The first-order chi connectivity index (χ1) is 10.2. The van der Waals surface area contributed by atoms with E-state index in [9.17, 15) is 18.6 Å². The summed E-state index contributed by atoms with van der Waals surface area (Å²) in [4.78, 5) is -0.118. The van der Waals surface area contributed by atoms with Crippen molar-refractivity contribution < 1.29 is 23.4 Å². The van der Waals surface area contributed by atoms with Crippen molar-refractivity contribution >= 4 is 21.6 Å². The van der Waals surface area contributed by atoms with E-state index in [-0.39, 0.29) is 40.5 Å². The molecule has 0 aliphatic carbocycles. The molecule has 0 unspecified atom stereocenters. The van der Waals surface area contributed by atoms with E-state index in [1.165, 1.54) is 24.4 Å². The van der Waals surface area contributed by atoms with Gasteiger partial charge in [0, 0.05) is 19.2 Å². The second kappa shape index (κ2) is 6.33. The van der Waals surface area contributed by atoms with Gasteiger partial charge in [0.1, 0.15) is 10.6 Å². The molecule has 1 aliphatic rings. The smallest absolute Gasteiger partial charge is 0.245 e. The Morgan fingerprint density at radius 1 is 1.45 bits per heavy atom. The molecule has 124 valence electrons. The van der Waals surface area contributed by atoms with Gasteiger partial charge in [0.2, 0.25) is 10.0 Å². The highest BCUT2D eigenvalue weighted by molar-refractivity contribution is 7.89. The molecule has 2 atom stereocenters. The minimum atomic E-state index is -3.94. The van der Waals surface area contributed by atoms with Crippen LogP contribution in [0.5, 0.6) is 5.75 Å². The van der Waals surface area contributed by atoms with Crippen LogP contribution in [-0.2, 0) is 14.8 Å². The quantitative estimate of drug-likeness (QED) is 0.858. The summed E-state index contributed by atoms with van der Waals surface area (Å²) in [7, 11) is -2.44. The zero-order chi connectivity index (χ0) is 16.7. The third-order valence-electron chi connectivity index (χ3n) is 4.07. The van der Waals surface area contributed by atoms with Crippen molar-refractivity contribution in [2.45, 2.75) is 37.3 Å². The van der Waals surface area contributed by atoms with E-state index in [4.69, 9.17) is 16.3 Å². The fourth-order valence-corrected chi connectivity index (χ4v) is 5.35. The number of benzene rings is 1. The maximum atomic E-state index is 12.9. The number of ether oxygens (including phenoxy) is 1. The lowest BCUT2D eigenvalue weighted by molar-refractivity contribution is 0.113. The van der Waals surface area contributed by atoms with E-state index >= 15 is 0 Å².